The summed E-state index contributed by atoms with van der Waals surface area (Å²) in [5.74, 6) is 0.813. The number of unbranched alkanes of at least 4 members (excludes halogenated alkanes) is 2. The van der Waals surface area contributed by atoms with Gasteiger partial charge in [-0.25, -0.2) is 4.99 Å². The SMILES string of the molecule is CCCCCC(C)NC(=NCc1ccc(C(=O)NCC)cc1)NCC.I. The highest BCUT2D eigenvalue weighted by Gasteiger charge is 2.06. The Morgan fingerprint density at radius 1 is 1.04 bits per heavy atom. The van der Waals surface area contributed by atoms with E-state index < -0.39 is 0 Å². The molecule has 5 nitrogen and oxygen atoms in total. The first-order valence-corrected chi connectivity index (χ1v) is 9.52. The van der Waals surface area contributed by atoms with Gasteiger partial charge in [-0.2, -0.15) is 0 Å². The normalized spacial score (nSPS) is 12.1. The topological polar surface area (TPSA) is 65.5 Å². The van der Waals surface area contributed by atoms with Crippen molar-refractivity contribution in [2.24, 2.45) is 4.99 Å². The third-order valence-electron chi connectivity index (χ3n) is 3.94. The molecule has 0 saturated heterocycles. The van der Waals surface area contributed by atoms with Gasteiger partial charge in [-0.3, -0.25) is 4.79 Å². The lowest BCUT2D eigenvalue weighted by atomic mass is 10.1. The second kappa shape index (κ2) is 14.8. The van der Waals surface area contributed by atoms with Crippen molar-refractivity contribution in [3.05, 3.63) is 35.4 Å². The monoisotopic (exact) mass is 474 g/mol. The maximum Gasteiger partial charge on any atom is 0.251 e. The lowest BCUT2D eigenvalue weighted by molar-refractivity contribution is 0.0956. The van der Waals surface area contributed by atoms with Crippen molar-refractivity contribution in [3.63, 3.8) is 0 Å². The molecular weight excluding hydrogens is 439 g/mol. The van der Waals surface area contributed by atoms with Crippen molar-refractivity contribution in [3.8, 4) is 0 Å². The number of carbonyl (C=O) groups excluding carboxylic acids is 1. The third kappa shape index (κ3) is 9.99. The van der Waals surface area contributed by atoms with E-state index in [1.54, 1.807) is 0 Å². The Balaban J connectivity index is 0.00000625. The van der Waals surface area contributed by atoms with E-state index >= 15 is 0 Å². The highest BCUT2D eigenvalue weighted by molar-refractivity contribution is 14.0. The van der Waals surface area contributed by atoms with Gasteiger partial charge >= 0.3 is 0 Å². The third-order valence-corrected chi connectivity index (χ3v) is 3.94. The predicted octanol–water partition coefficient (Wildman–Crippen LogP) is 4.08. The fourth-order valence-electron chi connectivity index (χ4n) is 2.52. The molecule has 0 saturated carbocycles. The molecule has 0 heterocycles. The number of guanidine groups is 1. The molecule has 1 atom stereocenters. The fourth-order valence-corrected chi connectivity index (χ4v) is 2.52. The Hall–Kier alpha value is -1.31. The van der Waals surface area contributed by atoms with Crippen LogP contribution in [0.5, 0.6) is 0 Å². The lowest BCUT2D eigenvalue weighted by Gasteiger charge is -2.17. The van der Waals surface area contributed by atoms with Crippen LogP contribution in [0.2, 0.25) is 0 Å². The average Bonchev–Trinajstić information content (AvgIpc) is 2.61. The Morgan fingerprint density at radius 2 is 1.69 bits per heavy atom. The van der Waals surface area contributed by atoms with Crippen LogP contribution in [0.15, 0.2) is 29.3 Å². The van der Waals surface area contributed by atoms with Gasteiger partial charge in [-0.15, -0.1) is 24.0 Å². The van der Waals surface area contributed by atoms with Gasteiger partial charge in [-0.1, -0.05) is 38.3 Å². The molecule has 1 amide bonds. The summed E-state index contributed by atoms with van der Waals surface area (Å²) in [5.41, 5.74) is 1.77. The zero-order valence-electron chi connectivity index (χ0n) is 16.6. The number of carbonyl (C=O) groups is 1. The Kier molecular flexibility index (Phi) is 14.1. The molecule has 6 heteroatoms. The van der Waals surface area contributed by atoms with Gasteiger partial charge in [0, 0.05) is 24.7 Å². The predicted molar refractivity (Wildman–Crippen MR) is 121 cm³/mol. The van der Waals surface area contributed by atoms with Crippen molar-refractivity contribution in [1.29, 1.82) is 0 Å². The van der Waals surface area contributed by atoms with Crippen molar-refractivity contribution < 1.29 is 4.79 Å². The standard InChI is InChI=1S/C20H34N4O.HI/c1-5-8-9-10-16(4)24-20(22-7-3)23-15-17-11-13-18(14-12-17)19(25)21-6-2;/h11-14,16H,5-10,15H2,1-4H3,(H,21,25)(H2,22,23,24);1H. The van der Waals surface area contributed by atoms with E-state index in [0.29, 0.717) is 24.7 Å². The number of nitrogens with zero attached hydrogens (tertiary/aromatic N) is 1. The van der Waals surface area contributed by atoms with Gasteiger partial charge in [0.2, 0.25) is 0 Å². The highest BCUT2D eigenvalue weighted by atomic mass is 127. The van der Waals surface area contributed by atoms with E-state index in [1.807, 2.05) is 31.2 Å². The lowest BCUT2D eigenvalue weighted by Crippen LogP contribution is -2.42. The number of halogens is 1. The number of hydrogen-bond acceptors (Lipinski definition) is 2. The summed E-state index contributed by atoms with van der Waals surface area (Å²) in [4.78, 5) is 16.4. The van der Waals surface area contributed by atoms with Gasteiger partial charge in [-0.05, 0) is 44.9 Å². The summed E-state index contributed by atoms with van der Waals surface area (Å²) in [6.07, 6.45) is 4.91. The van der Waals surface area contributed by atoms with E-state index in [-0.39, 0.29) is 29.9 Å². The Bertz CT molecular complexity index is 531. The van der Waals surface area contributed by atoms with Gasteiger partial charge in [0.1, 0.15) is 0 Å². The Morgan fingerprint density at radius 3 is 2.27 bits per heavy atom. The summed E-state index contributed by atoms with van der Waals surface area (Å²) >= 11 is 0. The summed E-state index contributed by atoms with van der Waals surface area (Å²) in [6.45, 7) is 10.5. The summed E-state index contributed by atoms with van der Waals surface area (Å²) < 4.78 is 0. The van der Waals surface area contributed by atoms with Crippen molar-refractivity contribution in [2.45, 2.75) is 66.0 Å². The number of benzene rings is 1. The van der Waals surface area contributed by atoms with Crippen LogP contribution in [0.3, 0.4) is 0 Å². The molecule has 1 rings (SSSR count). The first kappa shape index (κ1) is 24.7. The van der Waals surface area contributed by atoms with Gasteiger partial charge < -0.3 is 16.0 Å². The second-order valence-corrected chi connectivity index (χ2v) is 6.29. The Labute approximate surface area is 175 Å². The van der Waals surface area contributed by atoms with Gasteiger partial charge in [0.05, 0.1) is 6.54 Å². The van der Waals surface area contributed by atoms with Crippen LogP contribution in [0.4, 0.5) is 0 Å². The molecule has 26 heavy (non-hydrogen) atoms. The molecule has 0 aliphatic carbocycles. The van der Waals surface area contributed by atoms with Crippen LogP contribution in [0.1, 0.15) is 69.3 Å². The van der Waals surface area contributed by atoms with Crippen LogP contribution in [0.25, 0.3) is 0 Å². The molecule has 0 radical (unpaired) electrons. The molecular formula is C20H35IN4O. The molecule has 1 unspecified atom stereocenters. The number of rotatable bonds is 10. The van der Waals surface area contributed by atoms with Crippen LogP contribution >= 0.6 is 24.0 Å². The molecule has 0 aromatic heterocycles. The summed E-state index contributed by atoms with van der Waals surface area (Å²) in [7, 11) is 0. The average molecular weight is 474 g/mol. The van der Waals surface area contributed by atoms with Crippen molar-refractivity contribution in [2.75, 3.05) is 13.1 Å². The molecule has 0 aliphatic heterocycles. The molecule has 0 bridgehead atoms. The maximum absolute atomic E-state index is 11.8. The van der Waals surface area contributed by atoms with Gasteiger partial charge in [0.15, 0.2) is 5.96 Å². The van der Waals surface area contributed by atoms with E-state index in [9.17, 15) is 4.79 Å². The zero-order valence-corrected chi connectivity index (χ0v) is 18.9. The van der Waals surface area contributed by atoms with Crippen LogP contribution in [-0.4, -0.2) is 31.0 Å². The minimum absolute atomic E-state index is 0. The van der Waals surface area contributed by atoms with E-state index in [2.05, 4.69) is 41.7 Å². The smallest absolute Gasteiger partial charge is 0.251 e. The molecule has 148 valence electrons. The van der Waals surface area contributed by atoms with Crippen LogP contribution in [0, 0.1) is 0 Å². The van der Waals surface area contributed by atoms with Crippen molar-refractivity contribution in [1.82, 2.24) is 16.0 Å². The molecule has 3 N–H and O–H groups in total. The minimum Gasteiger partial charge on any atom is -0.357 e. The largest absolute Gasteiger partial charge is 0.357 e. The molecule has 1 aromatic carbocycles. The number of aliphatic imine (C=N–C) groups is 1. The summed E-state index contributed by atoms with van der Waals surface area (Å²) in [6, 6.07) is 8.03. The van der Waals surface area contributed by atoms with Crippen LogP contribution < -0.4 is 16.0 Å². The first-order valence-electron chi connectivity index (χ1n) is 9.52. The molecule has 0 fully saturated rings. The minimum atomic E-state index is -0.0338. The van der Waals surface area contributed by atoms with Crippen LogP contribution in [-0.2, 0) is 6.54 Å². The second-order valence-electron chi connectivity index (χ2n) is 6.29. The fraction of sp³-hybridized carbons (Fsp3) is 0.600. The van der Waals surface area contributed by atoms with E-state index in [1.165, 1.54) is 19.3 Å². The summed E-state index contributed by atoms with van der Waals surface area (Å²) in [5, 5.41) is 9.57. The first-order chi connectivity index (χ1) is 12.1. The quantitative estimate of drug-likeness (QED) is 0.207. The molecule has 0 aliphatic rings. The number of nitrogens with one attached hydrogen (secondary N) is 3. The number of amides is 1. The molecule has 0 spiro atoms. The maximum atomic E-state index is 11.8. The number of hydrogen-bond donors (Lipinski definition) is 3. The molecule has 1 aromatic rings. The highest BCUT2D eigenvalue weighted by Crippen LogP contribution is 2.06. The zero-order chi connectivity index (χ0) is 18.5. The van der Waals surface area contributed by atoms with E-state index in [0.717, 1.165) is 24.5 Å². The van der Waals surface area contributed by atoms with Gasteiger partial charge in [0.25, 0.3) is 5.91 Å². The van der Waals surface area contributed by atoms with E-state index in [4.69, 9.17) is 0 Å². The van der Waals surface area contributed by atoms with Crippen molar-refractivity contribution >= 4 is 35.8 Å².